The van der Waals surface area contributed by atoms with Gasteiger partial charge in [0, 0.05) is 5.56 Å². The van der Waals surface area contributed by atoms with E-state index in [9.17, 15) is 5.11 Å². The molecule has 0 fully saturated rings. The Kier molecular flexibility index (Phi) is 3.34. The minimum Gasteiger partial charge on any atom is -0.508 e. The summed E-state index contributed by atoms with van der Waals surface area (Å²) in [5, 5.41) is 9.67. The lowest BCUT2D eigenvalue weighted by atomic mass is 9.96. The molecule has 0 atom stereocenters. The monoisotopic (exact) mass is 257 g/mol. The number of aromatic hydroxyl groups is 1. The Morgan fingerprint density at radius 2 is 1.83 bits per heavy atom. The van der Waals surface area contributed by atoms with Gasteiger partial charge in [-0.25, -0.2) is 0 Å². The van der Waals surface area contributed by atoms with E-state index in [1.165, 1.54) is 0 Å². The first-order chi connectivity index (χ1) is 8.49. The third kappa shape index (κ3) is 2.36. The second-order valence-corrected chi connectivity index (χ2v) is 4.84. The zero-order valence-corrected chi connectivity index (χ0v) is 11.2. The molecule has 0 unspecified atom stereocenters. The van der Waals surface area contributed by atoms with Crippen LogP contribution in [0.15, 0.2) is 36.4 Å². The van der Waals surface area contributed by atoms with Crippen molar-refractivity contribution in [2.24, 2.45) is 5.73 Å². The maximum atomic E-state index is 9.67. The van der Waals surface area contributed by atoms with Gasteiger partial charge in [0.05, 0.1) is 0 Å². The second kappa shape index (κ2) is 4.78. The van der Waals surface area contributed by atoms with E-state index < -0.39 is 0 Å². The van der Waals surface area contributed by atoms with Gasteiger partial charge in [-0.05, 0) is 54.3 Å². The quantitative estimate of drug-likeness (QED) is 0.811. The van der Waals surface area contributed by atoms with E-state index in [-0.39, 0.29) is 0 Å². The zero-order valence-electron chi connectivity index (χ0n) is 10.4. The van der Waals surface area contributed by atoms with E-state index in [4.69, 9.17) is 18.0 Å². The number of hydrogen-bond acceptors (Lipinski definition) is 2. The van der Waals surface area contributed by atoms with E-state index in [2.05, 4.69) is 0 Å². The van der Waals surface area contributed by atoms with Crippen molar-refractivity contribution in [2.45, 2.75) is 13.8 Å². The molecule has 0 saturated heterocycles. The number of phenols is 1. The second-order valence-electron chi connectivity index (χ2n) is 4.40. The molecule has 0 spiro atoms. The molecule has 0 heterocycles. The van der Waals surface area contributed by atoms with Crippen molar-refractivity contribution in [1.29, 1.82) is 0 Å². The molecule has 2 rings (SSSR count). The van der Waals surface area contributed by atoms with Crippen LogP contribution in [0.2, 0.25) is 0 Å². The van der Waals surface area contributed by atoms with Gasteiger partial charge in [-0.2, -0.15) is 0 Å². The van der Waals surface area contributed by atoms with E-state index in [1.807, 2.05) is 44.2 Å². The van der Waals surface area contributed by atoms with Crippen LogP contribution in [0.1, 0.15) is 16.7 Å². The standard InChI is InChI=1S/C15H15NOS/c1-9-7-14(17)10(2)6-13(9)11-4-3-5-12(8-11)15(16)18/h3-8,17H,1-2H3,(H2,16,18). The first-order valence-corrected chi connectivity index (χ1v) is 6.10. The summed E-state index contributed by atoms with van der Waals surface area (Å²) in [4.78, 5) is 0.394. The van der Waals surface area contributed by atoms with Gasteiger partial charge in [-0.1, -0.05) is 30.4 Å². The van der Waals surface area contributed by atoms with Crippen LogP contribution in [0.3, 0.4) is 0 Å². The largest absolute Gasteiger partial charge is 0.508 e. The SMILES string of the molecule is Cc1cc(-c2cccc(C(N)=S)c2)c(C)cc1O. The average molecular weight is 257 g/mol. The molecular weight excluding hydrogens is 242 g/mol. The zero-order chi connectivity index (χ0) is 13.3. The topological polar surface area (TPSA) is 46.2 Å². The Morgan fingerprint density at radius 1 is 1.11 bits per heavy atom. The van der Waals surface area contributed by atoms with Gasteiger partial charge in [0.1, 0.15) is 10.7 Å². The highest BCUT2D eigenvalue weighted by molar-refractivity contribution is 7.80. The molecular formula is C15H15NOS. The molecule has 0 radical (unpaired) electrons. The normalized spacial score (nSPS) is 10.3. The van der Waals surface area contributed by atoms with Gasteiger partial charge in [-0.3, -0.25) is 0 Å². The van der Waals surface area contributed by atoms with Crippen LogP contribution < -0.4 is 5.73 Å². The maximum Gasteiger partial charge on any atom is 0.118 e. The number of rotatable bonds is 2. The third-order valence-corrected chi connectivity index (χ3v) is 3.24. The molecule has 0 saturated carbocycles. The Labute approximate surface area is 112 Å². The smallest absolute Gasteiger partial charge is 0.118 e. The lowest BCUT2D eigenvalue weighted by molar-refractivity contribution is 0.471. The van der Waals surface area contributed by atoms with Crippen LogP contribution in [0, 0.1) is 13.8 Å². The summed E-state index contributed by atoms with van der Waals surface area (Å²) in [5.74, 6) is 0.321. The van der Waals surface area contributed by atoms with Gasteiger partial charge in [0.25, 0.3) is 0 Å². The van der Waals surface area contributed by atoms with E-state index >= 15 is 0 Å². The predicted octanol–water partition coefficient (Wildman–Crippen LogP) is 3.31. The summed E-state index contributed by atoms with van der Waals surface area (Å²) >= 11 is 4.99. The molecule has 0 amide bonds. The number of benzene rings is 2. The molecule has 0 aliphatic rings. The Hall–Kier alpha value is -1.87. The van der Waals surface area contributed by atoms with Gasteiger partial charge in [0.2, 0.25) is 0 Å². The van der Waals surface area contributed by atoms with Crippen molar-refractivity contribution in [3.05, 3.63) is 53.1 Å². The summed E-state index contributed by atoms with van der Waals surface area (Å²) in [6.45, 7) is 3.86. The summed E-state index contributed by atoms with van der Waals surface area (Å²) in [6, 6.07) is 11.6. The van der Waals surface area contributed by atoms with E-state index in [0.29, 0.717) is 10.7 Å². The molecule has 2 nitrogen and oxygen atoms in total. The van der Waals surface area contributed by atoms with Crippen LogP contribution in [0.4, 0.5) is 0 Å². The summed E-state index contributed by atoms with van der Waals surface area (Å²) in [5.41, 5.74) is 10.5. The lowest BCUT2D eigenvalue weighted by Crippen LogP contribution is -2.09. The molecule has 3 N–H and O–H groups in total. The van der Waals surface area contributed by atoms with Crippen molar-refractivity contribution in [2.75, 3.05) is 0 Å². The number of phenolic OH excluding ortho intramolecular Hbond substituents is 1. The summed E-state index contributed by atoms with van der Waals surface area (Å²) < 4.78 is 0. The van der Waals surface area contributed by atoms with Crippen molar-refractivity contribution >= 4 is 17.2 Å². The van der Waals surface area contributed by atoms with Crippen LogP contribution in [-0.2, 0) is 0 Å². The number of hydrogen-bond donors (Lipinski definition) is 2. The number of aryl methyl sites for hydroxylation is 2. The molecule has 0 aliphatic carbocycles. The van der Waals surface area contributed by atoms with Gasteiger partial charge in [0.15, 0.2) is 0 Å². The van der Waals surface area contributed by atoms with Gasteiger partial charge < -0.3 is 10.8 Å². The van der Waals surface area contributed by atoms with Crippen molar-refractivity contribution < 1.29 is 5.11 Å². The average Bonchev–Trinajstić information content (AvgIpc) is 2.34. The van der Waals surface area contributed by atoms with Crippen LogP contribution in [0.25, 0.3) is 11.1 Å². The molecule has 2 aromatic carbocycles. The number of thiocarbonyl (C=S) groups is 1. The van der Waals surface area contributed by atoms with E-state index in [1.54, 1.807) is 6.07 Å². The summed E-state index contributed by atoms with van der Waals surface area (Å²) in [7, 11) is 0. The van der Waals surface area contributed by atoms with Gasteiger partial charge >= 0.3 is 0 Å². The minimum atomic E-state index is 0.321. The molecule has 0 bridgehead atoms. The Balaban J connectivity index is 2.58. The van der Waals surface area contributed by atoms with Crippen LogP contribution in [0.5, 0.6) is 5.75 Å². The first-order valence-electron chi connectivity index (χ1n) is 5.69. The van der Waals surface area contributed by atoms with Crippen molar-refractivity contribution in [3.8, 4) is 16.9 Å². The van der Waals surface area contributed by atoms with Crippen LogP contribution >= 0.6 is 12.2 Å². The molecule has 18 heavy (non-hydrogen) atoms. The fourth-order valence-corrected chi connectivity index (χ4v) is 2.08. The Morgan fingerprint density at radius 3 is 2.50 bits per heavy atom. The third-order valence-electron chi connectivity index (χ3n) is 3.00. The fourth-order valence-electron chi connectivity index (χ4n) is 1.95. The lowest BCUT2D eigenvalue weighted by Gasteiger charge is -2.10. The summed E-state index contributed by atoms with van der Waals surface area (Å²) in [6.07, 6.45) is 0. The highest BCUT2D eigenvalue weighted by Crippen LogP contribution is 2.29. The Bertz CT molecular complexity index is 620. The number of nitrogens with two attached hydrogens (primary N) is 1. The first kappa shape index (κ1) is 12.6. The molecule has 0 aromatic heterocycles. The highest BCUT2D eigenvalue weighted by Gasteiger charge is 2.07. The maximum absolute atomic E-state index is 9.67. The van der Waals surface area contributed by atoms with E-state index in [0.717, 1.165) is 27.8 Å². The van der Waals surface area contributed by atoms with Crippen LogP contribution in [-0.4, -0.2) is 10.1 Å². The van der Waals surface area contributed by atoms with Crippen molar-refractivity contribution in [1.82, 2.24) is 0 Å². The minimum absolute atomic E-state index is 0.321. The highest BCUT2D eigenvalue weighted by atomic mass is 32.1. The molecule has 3 heteroatoms. The molecule has 0 aliphatic heterocycles. The fraction of sp³-hybridized carbons (Fsp3) is 0.133. The molecule has 2 aromatic rings. The van der Waals surface area contributed by atoms with Gasteiger partial charge in [-0.15, -0.1) is 0 Å². The molecule has 92 valence electrons. The van der Waals surface area contributed by atoms with Crippen molar-refractivity contribution in [3.63, 3.8) is 0 Å². The predicted molar refractivity (Wildman–Crippen MR) is 78.9 cm³/mol.